The maximum absolute atomic E-state index is 14.0. The second-order valence-electron chi connectivity index (χ2n) is 30.4. The molecule has 6 unspecified atom stereocenters. The molecule has 536 valence electrons. The molecule has 2 N–H and O–H groups in total. The number of aryl methyl sites for hydroxylation is 2. The van der Waals surface area contributed by atoms with Crippen molar-refractivity contribution in [3.63, 3.8) is 0 Å². The van der Waals surface area contributed by atoms with E-state index >= 15 is 0 Å². The zero-order valence-electron chi connectivity index (χ0n) is 61.1. The standard InChI is InChI=1S/C39H67N3O6.C28H47N3O4.4CO2/c1-15-30(33(44)47-37(8,9)10)40-23-24-41(31(34(45)48-38(11,12)13)22-21-29-19-17-16-18-20-29)28-39(14,27-40)42(26-35(2,3)4)25-32(43)46-36(5,6)7;1-9-22(24(32)34-26(2,3)4)30-17-18-31(20-28(8,29)19-30)23(25(33)35-27(5,6)7)16-15-21-13-11-10-12-14-21;4*2-1-3/h16-20,30-31H,15,21-28H2,1-14H3;10-14,22-23H,9,15-20,29H2,1-8H3;;;;. The van der Waals surface area contributed by atoms with Crippen LogP contribution in [-0.2, 0) is 98.9 Å². The summed E-state index contributed by atoms with van der Waals surface area (Å²) in [5, 5.41) is 0. The third-order valence-corrected chi connectivity index (χ3v) is 14.1. The molecule has 0 saturated carbocycles. The van der Waals surface area contributed by atoms with Crippen LogP contribution in [0.2, 0.25) is 0 Å². The van der Waals surface area contributed by atoms with E-state index in [0.29, 0.717) is 91.0 Å². The number of carbonyl (C=O) groups is 5. The average Bonchev–Trinajstić information content (AvgIpc) is 1.76. The van der Waals surface area contributed by atoms with Gasteiger partial charge in [0.15, 0.2) is 0 Å². The van der Waals surface area contributed by atoms with Crippen molar-refractivity contribution in [1.82, 2.24) is 24.5 Å². The Labute approximate surface area is 565 Å². The van der Waals surface area contributed by atoms with Crippen molar-refractivity contribution < 1.29 is 86.0 Å². The van der Waals surface area contributed by atoms with Gasteiger partial charge in [-0.2, -0.15) is 38.4 Å². The topological polar surface area (TPSA) is 310 Å². The van der Waals surface area contributed by atoms with E-state index in [0.717, 1.165) is 12.0 Å². The second kappa shape index (κ2) is 41.9. The molecule has 0 aromatic heterocycles. The molecular formula is C71H114N6O18. The van der Waals surface area contributed by atoms with E-state index in [2.05, 4.69) is 76.5 Å². The van der Waals surface area contributed by atoms with Crippen LogP contribution in [0.5, 0.6) is 0 Å². The van der Waals surface area contributed by atoms with Crippen LogP contribution >= 0.6 is 0 Å². The predicted octanol–water partition coefficient (Wildman–Crippen LogP) is 7.97. The first-order chi connectivity index (χ1) is 43.6. The fraction of sp³-hybridized carbons (Fsp3) is 0.704. The van der Waals surface area contributed by atoms with Crippen LogP contribution in [-0.4, -0.2) is 208 Å². The van der Waals surface area contributed by atoms with Crippen molar-refractivity contribution in [2.75, 3.05) is 65.4 Å². The maximum atomic E-state index is 14.0. The molecule has 2 saturated heterocycles. The molecule has 0 radical (unpaired) electrons. The molecule has 2 aliphatic heterocycles. The number of carbonyl (C=O) groups excluding carboxylic acids is 13. The van der Waals surface area contributed by atoms with Gasteiger partial charge in [0, 0.05) is 70.0 Å². The Hall–Kier alpha value is -6.93. The summed E-state index contributed by atoms with van der Waals surface area (Å²) in [6, 6.07) is 18.6. The number of nitrogens with zero attached hydrogens (tertiary/aromatic N) is 5. The molecular weight excluding hydrogens is 1220 g/mol. The summed E-state index contributed by atoms with van der Waals surface area (Å²) in [6.45, 7) is 48.0. The molecule has 2 heterocycles. The number of hydrogen-bond donors (Lipinski definition) is 1. The molecule has 2 aromatic carbocycles. The van der Waals surface area contributed by atoms with Crippen LogP contribution in [0.3, 0.4) is 0 Å². The van der Waals surface area contributed by atoms with Gasteiger partial charge in [0.25, 0.3) is 0 Å². The smallest absolute Gasteiger partial charge is 0.373 e. The van der Waals surface area contributed by atoms with Crippen LogP contribution in [0.25, 0.3) is 0 Å². The highest BCUT2D eigenvalue weighted by Crippen LogP contribution is 2.32. The maximum Gasteiger partial charge on any atom is 0.373 e. The van der Waals surface area contributed by atoms with Gasteiger partial charge in [-0.25, -0.2) is 0 Å². The molecule has 2 fully saturated rings. The lowest BCUT2D eigenvalue weighted by Crippen LogP contribution is -2.62. The third kappa shape index (κ3) is 40.3. The molecule has 4 rings (SSSR count). The summed E-state index contributed by atoms with van der Waals surface area (Å²) in [4.78, 5) is 143. The minimum atomic E-state index is -0.651. The Kier molecular flexibility index (Phi) is 39.8. The van der Waals surface area contributed by atoms with Crippen LogP contribution in [0, 0.1) is 5.41 Å². The number of rotatable bonds is 20. The van der Waals surface area contributed by atoms with Crippen molar-refractivity contribution in [1.29, 1.82) is 0 Å². The highest BCUT2D eigenvalue weighted by Gasteiger charge is 2.47. The highest BCUT2D eigenvalue weighted by atomic mass is 16.6. The van der Waals surface area contributed by atoms with Crippen LogP contribution in [0.15, 0.2) is 60.7 Å². The fourth-order valence-corrected chi connectivity index (χ4v) is 11.0. The van der Waals surface area contributed by atoms with Gasteiger partial charge in [-0.15, -0.1) is 0 Å². The number of nitrogens with two attached hydrogens (primary N) is 1. The van der Waals surface area contributed by atoms with Crippen molar-refractivity contribution in [3.05, 3.63) is 71.8 Å². The zero-order chi connectivity index (χ0) is 74.0. The Bertz CT molecular complexity index is 2700. The van der Waals surface area contributed by atoms with Gasteiger partial charge >= 0.3 is 54.5 Å². The van der Waals surface area contributed by atoms with Crippen LogP contribution in [0.4, 0.5) is 0 Å². The first-order valence-corrected chi connectivity index (χ1v) is 32.3. The predicted molar refractivity (Wildman–Crippen MR) is 353 cm³/mol. The first kappa shape index (κ1) is 90.1. The number of ether oxygens (including phenoxy) is 5. The summed E-state index contributed by atoms with van der Waals surface area (Å²) in [6.07, 6.45) is 4.89. The highest BCUT2D eigenvalue weighted by molar-refractivity contribution is 5.78. The van der Waals surface area contributed by atoms with Crippen molar-refractivity contribution >= 4 is 54.5 Å². The van der Waals surface area contributed by atoms with Crippen molar-refractivity contribution in [2.45, 2.75) is 254 Å². The molecule has 24 nitrogen and oxygen atoms in total. The third-order valence-electron chi connectivity index (χ3n) is 14.1. The molecule has 95 heavy (non-hydrogen) atoms. The number of benzene rings is 2. The SMILES string of the molecule is CCC(C(=O)OC(C)(C)C)N1CCN(C(CCc2ccccc2)C(=O)OC(C)(C)C)CC(C)(N(CC(=O)OC(C)(C)C)CC(C)(C)C)C1.CCC(C(=O)OC(C)(C)C)N1CCN(C(CCc2ccccc2)C(=O)OC(C)(C)C)CC(C)(N)C1.O=C=O.O=C=O.O=C=O.O=C=O. The van der Waals surface area contributed by atoms with E-state index < -0.39 is 57.2 Å². The van der Waals surface area contributed by atoms with E-state index in [1.807, 2.05) is 161 Å². The molecule has 0 bridgehead atoms. The summed E-state index contributed by atoms with van der Waals surface area (Å²) in [5.74, 6) is -1.28. The fourth-order valence-electron chi connectivity index (χ4n) is 11.0. The van der Waals surface area contributed by atoms with E-state index in [1.54, 1.807) is 0 Å². The largest absolute Gasteiger partial charge is 0.459 e. The lowest BCUT2D eigenvalue weighted by Gasteiger charge is -2.47. The van der Waals surface area contributed by atoms with E-state index in [-0.39, 0.29) is 72.5 Å². The molecule has 24 heteroatoms. The molecule has 0 spiro atoms. The number of esters is 5. The summed E-state index contributed by atoms with van der Waals surface area (Å²) < 4.78 is 29.3. The van der Waals surface area contributed by atoms with Gasteiger partial charge < -0.3 is 29.4 Å². The Morgan fingerprint density at radius 3 is 0.958 bits per heavy atom. The van der Waals surface area contributed by atoms with Gasteiger partial charge in [-0.1, -0.05) is 95.3 Å². The summed E-state index contributed by atoms with van der Waals surface area (Å²) in [5.41, 5.74) is 4.66. The number of hydrogen-bond acceptors (Lipinski definition) is 24. The molecule has 6 atom stereocenters. The Morgan fingerprint density at radius 1 is 0.442 bits per heavy atom. The van der Waals surface area contributed by atoms with Crippen molar-refractivity contribution in [3.8, 4) is 0 Å². The lowest BCUT2D eigenvalue weighted by atomic mass is 9.90. The van der Waals surface area contributed by atoms with Crippen LogP contribution in [0.1, 0.15) is 189 Å². The van der Waals surface area contributed by atoms with E-state index in [4.69, 9.17) is 67.8 Å². The minimum absolute atomic E-state index is 0.0804. The summed E-state index contributed by atoms with van der Waals surface area (Å²) >= 11 is 0. The minimum Gasteiger partial charge on any atom is -0.459 e. The van der Waals surface area contributed by atoms with Gasteiger partial charge in [0.1, 0.15) is 52.2 Å². The van der Waals surface area contributed by atoms with Gasteiger partial charge in [0.2, 0.25) is 0 Å². The van der Waals surface area contributed by atoms with Gasteiger partial charge in [0.05, 0.1) is 6.54 Å². The molecule has 0 amide bonds. The van der Waals surface area contributed by atoms with E-state index in [9.17, 15) is 24.0 Å². The Balaban J connectivity index is 0. The van der Waals surface area contributed by atoms with E-state index in [1.165, 1.54) is 5.56 Å². The monoisotopic (exact) mass is 1340 g/mol. The Morgan fingerprint density at radius 2 is 0.695 bits per heavy atom. The lowest BCUT2D eigenvalue weighted by molar-refractivity contribution is -0.193. The zero-order valence-corrected chi connectivity index (χ0v) is 61.1. The normalized spacial score (nSPS) is 18.7. The molecule has 0 aliphatic carbocycles. The van der Waals surface area contributed by atoms with Crippen LogP contribution < -0.4 is 5.73 Å². The molecule has 2 aromatic rings. The first-order valence-electron chi connectivity index (χ1n) is 32.3. The van der Waals surface area contributed by atoms with Crippen molar-refractivity contribution in [2.24, 2.45) is 11.1 Å². The van der Waals surface area contributed by atoms with Gasteiger partial charge in [-0.3, -0.25) is 48.5 Å². The summed E-state index contributed by atoms with van der Waals surface area (Å²) in [7, 11) is 0. The molecule has 2 aliphatic rings. The quantitative estimate of drug-likeness (QED) is 0.0970. The average molecular weight is 1340 g/mol. The second-order valence-corrected chi connectivity index (χ2v) is 30.4. The van der Waals surface area contributed by atoms with Gasteiger partial charge in [-0.05, 0) is 173 Å².